The van der Waals surface area contributed by atoms with E-state index in [9.17, 15) is 4.79 Å². The summed E-state index contributed by atoms with van der Waals surface area (Å²) in [7, 11) is 0. The first-order valence-corrected chi connectivity index (χ1v) is 6.95. The second-order valence-corrected chi connectivity index (χ2v) is 5.83. The number of amides is 1. The number of nitrogens with one attached hydrogen (secondary N) is 1. The fourth-order valence-corrected chi connectivity index (χ4v) is 2.91. The van der Waals surface area contributed by atoms with Gasteiger partial charge in [0.25, 0.3) is 0 Å². The van der Waals surface area contributed by atoms with Crippen LogP contribution in [0.2, 0.25) is 0 Å². The lowest BCUT2D eigenvalue weighted by Gasteiger charge is -2.30. The van der Waals surface area contributed by atoms with E-state index in [2.05, 4.69) is 26.1 Å². The number of rotatable bonds is 5. The topological polar surface area (TPSA) is 55.1 Å². The summed E-state index contributed by atoms with van der Waals surface area (Å²) in [6.45, 7) is 6.33. The second kappa shape index (κ2) is 5.80. The first-order valence-electron chi connectivity index (χ1n) is 6.55. The van der Waals surface area contributed by atoms with Gasteiger partial charge in [0.2, 0.25) is 5.91 Å². The van der Waals surface area contributed by atoms with Crippen LogP contribution in [0.4, 0.5) is 0 Å². The summed E-state index contributed by atoms with van der Waals surface area (Å²) in [6.07, 6.45) is 4.65. The largest absolute Gasteiger partial charge is 0.392 e. The summed E-state index contributed by atoms with van der Waals surface area (Å²) in [4.78, 5) is 12.8. The molecule has 17 heavy (non-hydrogen) atoms. The summed E-state index contributed by atoms with van der Waals surface area (Å²) >= 11 is 5.12. The van der Waals surface area contributed by atoms with Gasteiger partial charge in [-0.05, 0) is 25.2 Å². The molecule has 4 heteroatoms. The highest BCUT2D eigenvalue weighted by Crippen LogP contribution is 2.39. The van der Waals surface area contributed by atoms with Gasteiger partial charge in [-0.1, -0.05) is 45.8 Å². The highest BCUT2D eigenvalue weighted by atomic mass is 32.1. The molecular weight excluding hydrogens is 232 g/mol. The Balaban J connectivity index is 2.76. The minimum absolute atomic E-state index is 0.0445. The van der Waals surface area contributed by atoms with E-state index in [0.717, 1.165) is 32.1 Å². The number of thiocarbonyl (C=S) groups is 1. The lowest BCUT2D eigenvalue weighted by Crippen LogP contribution is -2.51. The number of hydrogen-bond donors (Lipinski definition) is 2. The van der Waals surface area contributed by atoms with E-state index in [1.54, 1.807) is 0 Å². The maximum Gasteiger partial charge on any atom is 0.233 e. The van der Waals surface area contributed by atoms with Crippen molar-refractivity contribution >= 4 is 23.1 Å². The molecule has 0 aliphatic heterocycles. The van der Waals surface area contributed by atoms with Crippen LogP contribution in [0, 0.1) is 11.3 Å². The Kier molecular flexibility index (Phi) is 4.92. The smallest absolute Gasteiger partial charge is 0.233 e. The van der Waals surface area contributed by atoms with Crippen molar-refractivity contribution in [3.63, 3.8) is 0 Å². The Bertz CT molecular complexity index is 296. The van der Waals surface area contributed by atoms with Gasteiger partial charge in [0, 0.05) is 6.04 Å². The third kappa shape index (κ3) is 2.97. The highest BCUT2D eigenvalue weighted by molar-refractivity contribution is 7.80. The first-order chi connectivity index (χ1) is 7.94. The third-order valence-corrected chi connectivity index (χ3v) is 4.32. The first kappa shape index (κ1) is 14.4. The van der Waals surface area contributed by atoms with Crippen LogP contribution in [-0.2, 0) is 4.79 Å². The molecule has 0 saturated heterocycles. The molecule has 1 saturated carbocycles. The van der Waals surface area contributed by atoms with Crippen LogP contribution in [0.15, 0.2) is 0 Å². The SMILES string of the molecule is CCC(NC(=O)C1(C(N)=S)CCCC1)C(C)C. The fraction of sp³-hybridized carbons (Fsp3) is 0.846. The number of nitrogens with two attached hydrogens (primary N) is 1. The maximum absolute atomic E-state index is 12.4. The lowest BCUT2D eigenvalue weighted by atomic mass is 9.84. The molecule has 1 unspecified atom stereocenters. The molecule has 1 rings (SSSR count). The predicted octanol–water partition coefficient (Wildman–Crippen LogP) is 2.38. The Morgan fingerprint density at radius 1 is 1.41 bits per heavy atom. The van der Waals surface area contributed by atoms with Crippen molar-refractivity contribution in [1.82, 2.24) is 5.32 Å². The van der Waals surface area contributed by atoms with E-state index in [1.165, 1.54) is 0 Å². The molecular formula is C13H24N2OS. The summed E-state index contributed by atoms with van der Waals surface area (Å²) in [6, 6.07) is 0.217. The predicted molar refractivity (Wildman–Crippen MR) is 74.7 cm³/mol. The molecule has 0 spiro atoms. The van der Waals surface area contributed by atoms with Crippen molar-refractivity contribution in [3.8, 4) is 0 Å². The van der Waals surface area contributed by atoms with E-state index in [-0.39, 0.29) is 11.9 Å². The average Bonchev–Trinajstić information content (AvgIpc) is 2.75. The summed E-state index contributed by atoms with van der Waals surface area (Å²) in [5, 5.41) is 3.12. The van der Waals surface area contributed by atoms with E-state index in [4.69, 9.17) is 18.0 Å². The summed E-state index contributed by atoms with van der Waals surface area (Å²) in [5.41, 5.74) is 5.23. The minimum Gasteiger partial charge on any atom is -0.392 e. The van der Waals surface area contributed by atoms with Crippen molar-refractivity contribution in [2.24, 2.45) is 17.1 Å². The minimum atomic E-state index is -0.572. The van der Waals surface area contributed by atoms with Gasteiger partial charge in [0.05, 0.1) is 10.4 Å². The Morgan fingerprint density at radius 3 is 2.29 bits per heavy atom. The van der Waals surface area contributed by atoms with Crippen LogP contribution >= 0.6 is 12.2 Å². The van der Waals surface area contributed by atoms with Gasteiger partial charge in [-0.25, -0.2) is 0 Å². The molecule has 98 valence electrons. The van der Waals surface area contributed by atoms with Crippen molar-refractivity contribution in [1.29, 1.82) is 0 Å². The van der Waals surface area contributed by atoms with Crippen molar-refractivity contribution < 1.29 is 4.79 Å². The standard InChI is InChI=1S/C13H24N2OS/c1-4-10(9(2)3)15-12(16)13(11(14)17)7-5-6-8-13/h9-10H,4-8H2,1-3H3,(H2,14,17)(H,15,16). The summed E-state index contributed by atoms with van der Waals surface area (Å²) < 4.78 is 0. The van der Waals surface area contributed by atoms with Crippen LogP contribution < -0.4 is 11.1 Å². The molecule has 0 bridgehead atoms. The number of hydrogen-bond acceptors (Lipinski definition) is 2. The van der Waals surface area contributed by atoms with Gasteiger partial charge in [-0.15, -0.1) is 0 Å². The zero-order valence-electron chi connectivity index (χ0n) is 11.1. The van der Waals surface area contributed by atoms with Gasteiger partial charge in [0.1, 0.15) is 0 Å². The zero-order valence-corrected chi connectivity index (χ0v) is 11.9. The van der Waals surface area contributed by atoms with E-state index < -0.39 is 5.41 Å². The molecule has 1 atom stereocenters. The van der Waals surface area contributed by atoms with Crippen LogP contribution in [0.3, 0.4) is 0 Å². The molecule has 1 aliphatic rings. The summed E-state index contributed by atoms with van der Waals surface area (Å²) in [5.74, 6) is 0.483. The van der Waals surface area contributed by atoms with Gasteiger partial charge < -0.3 is 11.1 Å². The van der Waals surface area contributed by atoms with Crippen molar-refractivity contribution in [3.05, 3.63) is 0 Å². The lowest BCUT2D eigenvalue weighted by molar-refractivity contribution is -0.128. The average molecular weight is 256 g/mol. The molecule has 0 heterocycles. The highest BCUT2D eigenvalue weighted by Gasteiger charge is 2.44. The Labute approximate surface area is 110 Å². The van der Waals surface area contributed by atoms with Crippen LogP contribution in [0.1, 0.15) is 52.9 Å². The van der Waals surface area contributed by atoms with Gasteiger partial charge >= 0.3 is 0 Å². The van der Waals surface area contributed by atoms with Crippen LogP contribution in [-0.4, -0.2) is 16.9 Å². The molecule has 3 N–H and O–H groups in total. The molecule has 0 aromatic rings. The third-order valence-electron chi connectivity index (χ3n) is 3.92. The molecule has 1 aliphatic carbocycles. The zero-order chi connectivity index (χ0) is 13.1. The molecule has 1 fully saturated rings. The maximum atomic E-state index is 12.4. The number of carbonyl (C=O) groups excluding carboxylic acids is 1. The van der Waals surface area contributed by atoms with E-state index in [0.29, 0.717) is 10.9 Å². The normalized spacial score (nSPS) is 20.2. The molecule has 1 amide bonds. The van der Waals surface area contributed by atoms with Gasteiger partial charge in [0.15, 0.2) is 0 Å². The Hall–Kier alpha value is -0.640. The van der Waals surface area contributed by atoms with Crippen LogP contribution in [0.5, 0.6) is 0 Å². The molecule has 0 aromatic carbocycles. The van der Waals surface area contributed by atoms with Gasteiger partial charge in [-0.2, -0.15) is 0 Å². The molecule has 3 nitrogen and oxygen atoms in total. The number of carbonyl (C=O) groups is 1. The monoisotopic (exact) mass is 256 g/mol. The van der Waals surface area contributed by atoms with Crippen LogP contribution in [0.25, 0.3) is 0 Å². The molecule has 0 radical (unpaired) electrons. The fourth-order valence-electron chi connectivity index (χ4n) is 2.61. The van der Waals surface area contributed by atoms with E-state index in [1.807, 2.05) is 0 Å². The van der Waals surface area contributed by atoms with E-state index >= 15 is 0 Å². The quantitative estimate of drug-likeness (QED) is 0.743. The van der Waals surface area contributed by atoms with Crippen molar-refractivity contribution in [2.75, 3.05) is 0 Å². The van der Waals surface area contributed by atoms with Crippen molar-refractivity contribution in [2.45, 2.75) is 58.9 Å². The second-order valence-electron chi connectivity index (χ2n) is 5.39. The van der Waals surface area contributed by atoms with Gasteiger partial charge in [-0.3, -0.25) is 4.79 Å². The Morgan fingerprint density at radius 2 is 1.94 bits per heavy atom. The molecule has 0 aromatic heterocycles.